The van der Waals surface area contributed by atoms with Crippen LogP contribution in [0.1, 0.15) is 12.8 Å². The molecule has 0 aliphatic rings. The van der Waals surface area contributed by atoms with Crippen LogP contribution in [0.2, 0.25) is 0 Å². The Morgan fingerprint density at radius 1 is 1.55 bits per heavy atom. The van der Waals surface area contributed by atoms with Crippen LogP contribution in [0, 0.1) is 0 Å². The van der Waals surface area contributed by atoms with Crippen molar-refractivity contribution in [3.8, 4) is 0 Å². The van der Waals surface area contributed by atoms with Gasteiger partial charge in [-0.1, -0.05) is 6.58 Å². The Hall–Kier alpha value is -0.830. The lowest BCUT2D eigenvalue weighted by atomic mass is 10.1. The Kier molecular flexibility index (Phi) is 4.54. The first kappa shape index (κ1) is 10.2. The molecule has 0 heterocycles. The maximum absolute atomic E-state index is 11.1. The second kappa shape index (κ2) is 4.91. The van der Waals surface area contributed by atoms with Crippen molar-refractivity contribution in [1.82, 2.24) is 4.90 Å². The lowest BCUT2D eigenvalue weighted by Crippen LogP contribution is -2.23. The lowest BCUT2D eigenvalue weighted by molar-refractivity contribution is -0.124. The second-order valence-electron chi connectivity index (χ2n) is 2.63. The predicted octanol–water partition coefficient (Wildman–Crippen LogP) is 0.403. The van der Waals surface area contributed by atoms with Crippen LogP contribution < -0.4 is 0 Å². The second-order valence-corrected chi connectivity index (χ2v) is 2.63. The van der Waals surface area contributed by atoms with E-state index in [2.05, 4.69) is 6.58 Å². The molecule has 0 spiro atoms. The Bertz CT molecular complexity index is 152. The van der Waals surface area contributed by atoms with Crippen LogP contribution in [0.3, 0.4) is 0 Å². The number of rotatable bonds is 4. The van der Waals surface area contributed by atoms with Crippen molar-refractivity contribution in [2.45, 2.75) is 12.8 Å². The first-order valence-corrected chi connectivity index (χ1v) is 3.60. The van der Waals surface area contributed by atoms with Gasteiger partial charge in [-0.3, -0.25) is 4.79 Å². The van der Waals surface area contributed by atoms with Gasteiger partial charge in [0.15, 0.2) is 0 Å². The fourth-order valence-corrected chi connectivity index (χ4v) is 0.716. The van der Waals surface area contributed by atoms with Crippen LogP contribution in [0.5, 0.6) is 0 Å². The van der Waals surface area contributed by atoms with Crippen LogP contribution in [-0.4, -0.2) is 36.6 Å². The molecule has 11 heavy (non-hydrogen) atoms. The number of hydrogen-bond donors (Lipinski definition) is 1. The van der Waals surface area contributed by atoms with E-state index < -0.39 is 0 Å². The first-order chi connectivity index (χ1) is 5.09. The molecule has 64 valence electrons. The van der Waals surface area contributed by atoms with Gasteiger partial charge in [0.25, 0.3) is 0 Å². The quantitative estimate of drug-likeness (QED) is 0.600. The Balaban J connectivity index is 3.75. The molecule has 0 saturated heterocycles. The van der Waals surface area contributed by atoms with E-state index in [9.17, 15) is 4.79 Å². The SMILES string of the molecule is C=C(CCCO)C(=O)N(C)C. The first-order valence-electron chi connectivity index (χ1n) is 3.60. The summed E-state index contributed by atoms with van der Waals surface area (Å²) in [6.45, 7) is 3.72. The standard InChI is InChI=1S/C8H15NO2/c1-7(5-4-6-10)8(11)9(2)3/h10H,1,4-6H2,2-3H3. The number of aliphatic hydroxyl groups is 1. The molecule has 0 bridgehead atoms. The molecule has 0 radical (unpaired) electrons. The van der Waals surface area contributed by atoms with E-state index in [1.165, 1.54) is 4.90 Å². The van der Waals surface area contributed by atoms with Gasteiger partial charge in [-0.2, -0.15) is 0 Å². The lowest BCUT2D eigenvalue weighted by Gasteiger charge is -2.11. The van der Waals surface area contributed by atoms with Crippen molar-refractivity contribution in [3.05, 3.63) is 12.2 Å². The maximum atomic E-state index is 11.1. The van der Waals surface area contributed by atoms with Gasteiger partial charge >= 0.3 is 0 Å². The van der Waals surface area contributed by atoms with Gasteiger partial charge in [0, 0.05) is 26.3 Å². The monoisotopic (exact) mass is 157 g/mol. The third-order valence-electron chi connectivity index (χ3n) is 1.35. The molecule has 0 rings (SSSR count). The Morgan fingerprint density at radius 2 is 2.09 bits per heavy atom. The molecule has 1 amide bonds. The summed E-state index contributed by atoms with van der Waals surface area (Å²) in [6.07, 6.45) is 1.19. The molecular formula is C8H15NO2. The zero-order chi connectivity index (χ0) is 8.85. The molecule has 0 fully saturated rings. The molecule has 0 aromatic heterocycles. The highest BCUT2D eigenvalue weighted by Gasteiger charge is 2.07. The van der Waals surface area contributed by atoms with E-state index in [1.54, 1.807) is 14.1 Å². The van der Waals surface area contributed by atoms with Crippen molar-refractivity contribution in [2.75, 3.05) is 20.7 Å². The van der Waals surface area contributed by atoms with Crippen molar-refractivity contribution >= 4 is 5.91 Å². The Labute approximate surface area is 67.3 Å². The third-order valence-corrected chi connectivity index (χ3v) is 1.35. The average Bonchev–Trinajstić information content (AvgIpc) is 1.98. The zero-order valence-electron chi connectivity index (χ0n) is 7.13. The van der Waals surface area contributed by atoms with Crippen molar-refractivity contribution in [2.24, 2.45) is 0 Å². The number of hydrogen-bond acceptors (Lipinski definition) is 2. The maximum Gasteiger partial charge on any atom is 0.248 e. The summed E-state index contributed by atoms with van der Waals surface area (Å²) in [7, 11) is 3.37. The van der Waals surface area contributed by atoms with E-state index in [0.717, 1.165) is 0 Å². The van der Waals surface area contributed by atoms with Gasteiger partial charge in [-0.25, -0.2) is 0 Å². The molecule has 0 saturated carbocycles. The third kappa shape index (κ3) is 3.78. The largest absolute Gasteiger partial charge is 0.396 e. The number of carbonyl (C=O) groups is 1. The van der Waals surface area contributed by atoms with Crippen LogP contribution >= 0.6 is 0 Å². The number of aliphatic hydroxyl groups excluding tert-OH is 1. The molecule has 0 unspecified atom stereocenters. The molecule has 0 aliphatic heterocycles. The minimum absolute atomic E-state index is 0.0570. The summed E-state index contributed by atoms with van der Waals surface area (Å²) in [5, 5.41) is 8.47. The summed E-state index contributed by atoms with van der Waals surface area (Å²) in [4.78, 5) is 12.6. The van der Waals surface area contributed by atoms with E-state index >= 15 is 0 Å². The minimum atomic E-state index is -0.0570. The van der Waals surface area contributed by atoms with Gasteiger partial charge in [-0.15, -0.1) is 0 Å². The van der Waals surface area contributed by atoms with Gasteiger partial charge in [-0.05, 0) is 12.8 Å². The molecule has 0 aliphatic carbocycles. The molecule has 0 atom stereocenters. The topological polar surface area (TPSA) is 40.5 Å². The number of carbonyl (C=O) groups excluding carboxylic acids is 1. The van der Waals surface area contributed by atoms with E-state index in [4.69, 9.17) is 5.11 Å². The fraction of sp³-hybridized carbons (Fsp3) is 0.625. The molecule has 3 heteroatoms. The van der Waals surface area contributed by atoms with Gasteiger partial charge in [0.1, 0.15) is 0 Å². The van der Waals surface area contributed by atoms with E-state index in [-0.39, 0.29) is 12.5 Å². The van der Waals surface area contributed by atoms with Gasteiger partial charge in [0.2, 0.25) is 5.91 Å². The highest BCUT2D eigenvalue weighted by molar-refractivity contribution is 5.92. The van der Waals surface area contributed by atoms with Crippen LogP contribution in [0.15, 0.2) is 12.2 Å². The number of nitrogens with zero attached hydrogens (tertiary/aromatic N) is 1. The number of amides is 1. The normalized spacial score (nSPS) is 9.36. The summed E-state index contributed by atoms with van der Waals surface area (Å²) in [6, 6.07) is 0. The molecule has 0 aromatic carbocycles. The van der Waals surface area contributed by atoms with E-state index in [0.29, 0.717) is 18.4 Å². The molecular weight excluding hydrogens is 142 g/mol. The summed E-state index contributed by atoms with van der Waals surface area (Å²) in [5.41, 5.74) is 0.559. The smallest absolute Gasteiger partial charge is 0.248 e. The highest BCUT2D eigenvalue weighted by atomic mass is 16.3. The predicted molar refractivity (Wildman–Crippen MR) is 44.2 cm³/mol. The van der Waals surface area contributed by atoms with E-state index in [1.807, 2.05) is 0 Å². The van der Waals surface area contributed by atoms with Gasteiger partial charge < -0.3 is 10.0 Å². The van der Waals surface area contributed by atoms with Crippen LogP contribution in [0.25, 0.3) is 0 Å². The summed E-state index contributed by atoms with van der Waals surface area (Å²) < 4.78 is 0. The average molecular weight is 157 g/mol. The van der Waals surface area contributed by atoms with Crippen molar-refractivity contribution < 1.29 is 9.90 Å². The van der Waals surface area contributed by atoms with Crippen LogP contribution in [-0.2, 0) is 4.79 Å². The van der Waals surface area contributed by atoms with Crippen molar-refractivity contribution in [3.63, 3.8) is 0 Å². The minimum Gasteiger partial charge on any atom is -0.396 e. The fourth-order valence-electron chi connectivity index (χ4n) is 0.716. The Morgan fingerprint density at radius 3 is 2.45 bits per heavy atom. The summed E-state index contributed by atoms with van der Waals surface area (Å²) >= 11 is 0. The number of likely N-dealkylation sites (N-methyl/N-ethyl adjacent to an activating group) is 1. The highest BCUT2D eigenvalue weighted by Crippen LogP contribution is 2.03. The zero-order valence-corrected chi connectivity index (χ0v) is 7.13. The molecule has 1 N–H and O–H groups in total. The van der Waals surface area contributed by atoms with Gasteiger partial charge in [0.05, 0.1) is 0 Å². The van der Waals surface area contributed by atoms with Crippen LogP contribution in [0.4, 0.5) is 0 Å². The molecule has 3 nitrogen and oxygen atoms in total. The van der Waals surface area contributed by atoms with Crippen molar-refractivity contribution in [1.29, 1.82) is 0 Å². The summed E-state index contributed by atoms with van der Waals surface area (Å²) in [5.74, 6) is -0.0570. The molecule has 0 aromatic rings.